The Balaban J connectivity index is 2.07. The van der Waals surface area contributed by atoms with E-state index in [1.807, 2.05) is 0 Å². The first-order valence-electron chi connectivity index (χ1n) is 10.8. The van der Waals surface area contributed by atoms with Gasteiger partial charge in [-0.25, -0.2) is 13.6 Å². The van der Waals surface area contributed by atoms with Crippen LogP contribution in [0, 0.1) is 17.8 Å². The van der Waals surface area contributed by atoms with Gasteiger partial charge in [-0.15, -0.1) is 0 Å². The topological polar surface area (TPSA) is 113 Å². The van der Waals surface area contributed by atoms with E-state index in [4.69, 9.17) is 5.14 Å². The van der Waals surface area contributed by atoms with Crippen LogP contribution in [0.25, 0.3) is 0 Å². The molecule has 2 fully saturated rings. The van der Waals surface area contributed by atoms with Crippen molar-refractivity contribution in [2.24, 2.45) is 22.9 Å². The Morgan fingerprint density at radius 2 is 1.76 bits per heavy atom. The molecule has 2 unspecified atom stereocenters. The van der Waals surface area contributed by atoms with Crippen molar-refractivity contribution in [2.45, 2.75) is 65.5 Å². The van der Waals surface area contributed by atoms with Crippen molar-refractivity contribution < 1.29 is 18.0 Å². The quantitative estimate of drug-likeness (QED) is 0.591. The van der Waals surface area contributed by atoms with Crippen LogP contribution in [0.1, 0.15) is 53.4 Å². The highest BCUT2D eigenvalue weighted by atomic mass is 32.2. The van der Waals surface area contributed by atoms with Crippen molar-refractivity contribution in [3.05, 3.63) is 0 Å². The van der Waals surface area contributed by atoms with Gasteiger partial charge < -0.3 is 15.1 Å². The largest absolute Gasteiger partial charge is 0.341 e. The number of hydrogen-bond acceptors (Lipinski definition) is 5. The number of hydrogen-bond donors (Lipinski definition) is 2. The number of nitrogens with zero attached hydrogens (tertiary/aromatic N) is 2. The molecular formula is C20H38N4O4S. The van der Waals surface area contributed by atoms with E-state index in [0.717, 1.165) is 6.42 Å². The molecule has 9 heteroatoms. The number of nitrogens with one attached hydrogen (secondary N) is 1. The molecule has 0 bridgehead atoms. The number of piperidine rings is 1. The lowest BCUT2D eigenvalue weighted by atomic mass is 9.94. The molecule has 2 saturated heterocycles. The third-order valence-corrected chi connectivity index (χ3v) is 6.72. The van der Waals surface area contributed by atoms with Crippen molar-refractivity contribution in [1.82, 2.24) is 15.1 Å². The van der Waals surface area contributed by atoms with Crippen LogP contribution < -0.4 is 10.5 Å². The second-order valence-corrected chi connectivity index (χ2v) is 11.1. The number of nitrogens with two attached hydrogens (primary N) is 1. The van der Waals surface area contributed by atoms with Gasteiger partial charge in [0.2, 0.25) is 21.8 Å². The molecule has 2 aliphatic heterocycles. The molecule has 2 aliphatic rings. The summed E-state index contributed by atoms with van der Waals surface area (Å²) >= 11 is 0. The number of primary sulfonamides is 1. The Kier molecular flexibility index (Phi) is 8.48. The van der Waals surface area contributed by atoms with Gasteiger partial charge in [0.15, 0.2) is 0 Å². The fourth-order valence-electron chi connectivity index (χ4n) is 4.39. The van der Waals surface area contributed by atoms with Crippen LogP contribution in [0.2, 0.25) is 0 Å². The van der Waals surface area contributed by atoms with Gasteiger partial charge in [0, 0.05) is 26.2 Å². The second kappa shape index (κ2) is 10.2. The van der Waals surface area contributed by atoms with Crippen LogP contribution in [-0.2, 0) is 19.6 Å². The molecule has 0 spiro atoms. The molecule has 0 radical (unpaired) electrons. The number of amides is 2. The van der Waals surface area contributed by atoms with E-state index in [-0.39, 0.29) is 35.4 Å². The SMILES string of the molecule is CC(C)CC1NCCN(C(CC(C)C)C(=O)N2CCC(CS(N)(=O)=O)CC2)C1=O. The molecule has 2 heterocycles. The highest BCUT2D eigenvalue weighted by molar-refractivity contribution is 7.89. The van der Waals surface area contributed by atoms with E-state index in [2.05, 4.69) is 33.0 Å². The van der Waals surface area contributed by atoms with Gasteiger partial charge in [-0.2, -0.15) is 0 Å². The number of sulfonamides is 1. The van der Waals surface area contributed by atoms with Crippen LogP contribution in [0.3, 0.4) is 0 Å². The van der Waals surface area contributed by atoms with Gasteiger partial charge in [0.1, 0.15) is 6.04 Å². The van der Waals surface area contributed by atoms with Crippen LogP contribution >= 0.6 is 0 Å². The van der Waals surface area contributed by atoms with Gasteiger partial charge in [-0.3, -0.25) is 9.59 Å². The maximum absolute atomic E-state index is 13.4. The van der Waals surface area contributed by atoms with Crippen LogP contribution in [0.5, 0.6) is 0 Å². The molecule has 3 N–H and O–H groups in total. The number of likely N-dealkylation sites (tertiary alicyclic amines) is 1. The minimum Gasteiger partial charge on any atom is -0.341 e. The fraction of sp³-hybridized carbons (Fsp3) is 0.900. The summed E-state index contributed by atoms with van der Waals surface area (Å²) in [5.74, 6) is 0.661. The lowest BCUT2D eigenvalue weighted by Gasteiger charge is -2.42. The maximum atomic E-state index is 13.4. The van der Waals surface area contributed by atoms with Crippen molar-refractivity contribution in [3.8, 4) is 0 Å². The molecule has 168 valence electrons. The third-order valence-electron chi connectivity index (χ3n) is 5.78. The molecule has 29 heavy (non-hydrogen) atoms. The molecule has 0 aromatic rings. The van der Waals surface area contributed by atoms with Crippen molar-refractivity contribution in [3.63, 3.8) is 0 Å². The number of carbonyl (C=O) groups is 2. The Bertz CT molecular complexity index is 672. The van der Waals surface area contributed by atoms with E-state index < -0.39 is 16.1 Å². The van der Waals surface area contributed by atoms with Crippen molar-refractivity contribution in [2.75, 3.05) is 31.9 Å². The second-order valence-electron chi connectivity index (χ2n) is 9.41. The maximum Gasteiger partial charge on any atom is 0.245 e. The zero-order valence-corrected chi connectivity index (χ0v) is 19.1. The monoisotopic (exact) mass is 430 g/mol. The Hall–Kier alpha value is -1.19. The normalized spacial score (nSPS) is 23.1. The predicted molar refractivity (Wildman–Crippen MR) is 113 cm³/mol. The minimum atomic E-state index is -3.50. The van der Waals surface area contributed by atoms with E-state index in [0.29, 0.717) is 51.4 Å². The summed E-state index contributed by atoms with van der Waals surface area (Å²) in [5, 5.41) is 8.47. The molecule has 0 saturated carbocycles. The van der Waals surface area contributed by atoms with E-state index >= 15 is 0 Å². The van der Waals surface area contributed by atoms with E-state index in [1.54, 1.807) is 9.80 Å². The highest BCUT2D eigenvalue weighted by Crippen LogP contribution is 2.23. The summed E-state index contributed by atoms with van der Waals surface area (Å²) in [6, 6.07) is -0.680. The van der Waals surface area contributed by atoms with Crippen molar-refractivity contribution >= 4 is 21.8 Å². The van der Waals surface area contributed by atoms with Gasteiger partial charge in [-0.05, 0) is 43.4 Å². The Labute approximate surface area is 175 Å². The van der Waals surface area contributed by atoms with Gasteiger partial charge in [-0.1, -0.05) is 27.7 Å². The van der Waals surface area contributed by atoms with Crippen molar-refractivity contribution in [1.29, 1.82) is 0 Å². The summed E-state index contributed by atoms with van der Waals surface area (Å²) < 4.78 is 22.7. The van der Waals surface area contributed by atoms with Gasteiger partial charge in [0.25, 0.3) is 0 Å². The molecule has 0 aliphatic carbocycles. The Morgan fingerprint density at radius 3 is 2.28 bits per heavy atom. The van der Waals surface area contributed by atoms with Crippen LogP contribution in [0.15, 0.2) is 0 Å². The first kappa shape index (κ1) is 24.1. The van der Waals surface area contributed by atoms with E-state index in [1.165, 1.54) is 0 Å². The molecule has 2 amide bonds. The van der Waals surface area contributed by atoms with Gasteiger partial charge in [0.05, 0.1) is 11.8 Å². The summed E-state index contributed by atoms with van der Waals surface area (Å²) in [6.07, 6.45) is 2.65. The third kappa shape index (κ3) is 7.22. The number of rotatable bonds is 8. The number of carbonyl (C=O) groups excluding carboxylic acids is 2. The summed E-state index contributed by atoms with van der Waals surface area (Å²) in [6.45, 7) is 10.6. The van der Waals surface area contributed by atoms with E-state index in [9.17, 15) is 18.0 Å². The smallest absolute Gasteiger partial charge is 0.245 e. The average molecular weight is 431 g/mol. The number of piperazine rings is 1. The fourth-order valence-corrected chi connectivity index (χ4v) is 5.38. The minimum absolute atomic E-state index is 0.00570. The highest BCUT2D eigenvalue weighted by Gasteiger charge is 2.39. The molecule has 2 atom stereocenters. The standard InChI is InChI=1S/C20H38N4O4S/c1-14(2)11-17-19(25)24(10-7-22-17)18(12-15(3)4)20(26)23-8-5-16(6-9-23)13-29(21,27)28/h14-18,22H,5-13H2,1-4H3,(H2,21,27,28). The lowest BCUT2D eigenvalue weighted by Crippen LogP contribution is -2.62. The summed E-state index contributed by atoms with van der Waals surface area (Å²) in [7, 11) is -3.50. The average Bonchev–Trinajstić information content (AvgIpc) is 2.60. The lowest BCUT2D eigenvalue weighted by molar-refractivity contribution is -0.150. The molecule has 0 aromatic heterocycles. The first-order chi connectivity index (χ1) is 13.5. The molecule has 8 nitrogen and oxygen atoms in total. The van der Waals surface area contributed by atoms with Crippen LogP contribution in [-0.4, -0.2) is 74.0 Å². The summed E-state index contributed by atoms with van der Waals surface area (Å²) in [5.41, 5.74) is 0. The molecular weight excluding hydrogens is 392 g/mol. The zero-order valence-electron chi connectivity index (χ0n) is 18.3. The molecule has 2 rings (SSSR count). The Morgan fingerprint density at radius 1 is 1.14 bits per heavy atom. The van der Waals surface area contributed by atoms with Crippen LogP contribution in [0.4, 0.5) is 0 Å². The van der Waals surface area contributed by atoms with Gasteiger partial charge >= 0.3 is 0 Å². The zero-order chi connectivity index (χ0) is 21.8. The first-order valence-corrected chi connectivity index (χ1v) is 12.5. The summed E-state index contributed by atoms with van der Waals surface area (Å²) in [4.78, 5) is 30.0. The predicted octanol–water partition coefficient (Wildman–Crippen LogP) is 0.775. The molecule has 0 aromatic carbocycles.